The van der Waals surface area contributed by atoms with Gasteiger partial charge in [0.15, 0.2) is 0 Å². The highest BCUT2D eigenvalue weighted by molar-refractivity contribution is 5.98. The highest BCUT2D eigenvalue weighted by Crippen LogP contribution is 2.68. The summed E-state index contributed by atoms with van der Waals surface area (Å²) < 4.78 is 13.4. The quantitative estimate of drug-likeness (QED) is 0.307. The van der Waals surface area contributed by atoms with E-state index in [4.69, 9.17) is 9.47 Å². The fourth-order valence-corrected chi connectivity index (χ4v) is 9.12. The molecule has 1 aromatic heterocycles. The second-order valence-electron chi connectivity index (χ2n) is 13.2. The van der Waals surface area contributed by atoms with Crippen molar-refractivity contribution in [3.05, 3.63) is 30.1 Å². The zero-order chi connectivity index (χ0) is 27.0. The molecule has 1 aromatic rings. The van der Waals surface area contributed by atoms with E-state index in [9.17, 15) is 19.9 Å². The number of carbonyl (C=O) groups excluding carboxylic acids is 2. The zero-order valence-corrected chi connectivity index (χ0v) is 22.6. The van der Waals surface area contributed by atoms with Gasteiger partial charge in [-0.1, -0.05) is 32.9 Å². The van der Waals surface area contributed by atoms with Gasteiger partial charge in [0.25, 0.3) is 0 Å². The largest absolute Gasteiger partial charge is 0.452 e. The van der Waals surface area contributed by atoms with Crippen LogP contribution in [0, 0.1) is 40.4 Å². The lowest BCUT2D eigenvalue weighted by atomic mass is 9.42. The van der Waals surface area contributed by atoms with Crippen LogP contribution in [0.15, 0.2) is 29.7 Å². The monoisotopic (exact) mass is 525 g/mol. The van der Waals surface area contributed by atoms with Crippen molar-refractivity contribution in [3.63, 3.8) is 0 Å². The molecular formula is C29H39N3O6. The molecule has 1 spiro atoms. The Morgan fingerprint density at radius 3 is 2.74 bits per heavy atom. The molecule has 3 aliphatic carbocycles. The molecule has 0 aromatic carbocycles. The number of pyridine rings is 1. The van der Waals surface area contributed by atoms with Crippen LogP contribution >= 0.6 is 0 Å². The summed E-state index contributed by atoms with van der Waals surface area (Å²) in [6.07, 6.45) is 4.90. The van der Waals surface area contributed by atoms with Crippen LogP contribution in [0.4, 0.5) is 0 Å². The van der Waals surface area contributed by atoms with Crippen LogP contribution in [0.2, 0.25) is 0 Å². The lowest BCUT2D eigenvalue weighted by Crippen LogP contribution is -2.74. The molecule has 10 unspecified atom stereocenters. The second kappa shape index (κ2) is 8.74. The summed E-state index contributed by atoms with van der Waals surface area (Å²) in [5, 5.41) is 28.2. The van der Waals surface area contributed by atoms with Crippen molar-refractivity contribution in [1.29, 1.82) is 0 Å². The van der Waals surface area contributed by atoms with Crippen LogP contribution in [-0.2, 0) is 14.3 Å². The van der Waals surface area contributed by atoms with E-state index < -0.39 is 29.2 Å². The Balaban J connectivity index is 1.43. The third-order valence-corrected chi connectivity index (χ3v) is 11.3. The number of rotatable bonds is 2. The van der Waals surface area contributed by atoms with Gasteiger partial charge >= 0.3 is 5.97 Å². The minimum Gasteiger partial charge on any atom is -0.452 e. The minimum absolute atomic E-state index is 0.000110. The Morgan fingerprint density at radius 1 is 1.24 bits per heavy atom. The molecule has 0 bridgehead atoms. The Hall–Kier alpha value is -2.52. The summed E-state index contributed by atoms with van der Waals surface area (Å²) in [4.78, 5) is 29.8. The molecule has 6 rings (SSSR count). The van der Waals surface area contributed by atoms with Gasteiger partial charge in [-0.05, 0) is 49.7 Å². The minimum atomic E-state index is -0.784. The molecule has 3 heterocycles. The van der Waals surface area contributed by atoms with Crippen molar-refractivity contribution < 1.29 is 29.4 Å². The average molecular weight is 526 g/mol. The molecule has 9 nitrogen and oxygen atoms in total. The van der Waals surface area contributed by atoms with Crippen LogP contribution in [-0.4, -0.2) is 63.3 Å². The third kappa shape index (κ3) is 3.43. The normalized spacial score (nSPS) is 46.2. The molecule has 0 radical (unpaired) electrons. The second-order valence-corrected chi connectivity index (χ2v) is 13.2. The number of aromatic nitrogens is 1. The van der Waals surface area contributed by atoms with Crippen molar-refractivity contribution in [2.45, 2.75) is 83.7 Å². The first kappa shape index (κ1) is 25.7. The van der Waals surface area contributed by atoms with Crippen LogP contribution in [0.25, 0.3) is 0 Å². The van der Waals surface area contributed by atoms with E-state index in [-0.39, 0.29) is 41.1 Å². The number of nitrogens with zero attached hydrogens (tertiary/aromatic N) is 2. The Kier molecular flexibility index (Phi) is 5.92. The molecule has 1 amide bonds. The maximum atomic E-state index is 13.2. The number of ether oxygens (including phenoxy) is 2. The molecule has 9 heteroatoms. The molecule has 2 aliphatic heterocycles. The van der Waals surface area contributed by atoms with Crippen molar-refractivity contribution in [2.24, 2.45) is 45.6 Å². The number of carbonyl (C=O) groups is 2. The molecule has 5 aliphatic rings. The molecular weight excluding hydrogens is 486 g/mol. The van der Waals surface area contributed by atoms with Gasteiger partial charge in [0, 0.05) is 53.9 Å². The van der Waals surface area contributed by atoms with Crippen molar-refractivity contribution >= 4 is 17.6 Å². The van der Waals surface area contributed by atoms with Gasteiger partial charge < -0.3 is 25.1 Å². The van der Waals surface area contributed by atoms with Gasteiger partial charge in [0.1, 0.15) is 11.8 Å². The summed E-state index contributed by atoms with van der Waals surface area (Å²) in [6.45, 7) is 9.21. The molecule has 3 saturated carbocycles. The molecule has 5 fully saturated rings. The van der Waals surface area contributed by atoms with Crippen molar-refractivity contribution in [3.8, 4) is 0 Å². The van der Waals surface area contributed by atoms with Crippen LogP contribution in [0.1, 0.15) is 70.2 Å². The summed E-state index contributed by atoms with van der Waals surface area (Å²) in [7, 11) is 0. The topological polar surface area (TPSA) is 130 Å². The maximum absolute atomic E-state index is 13.2. The number of hydrogen-bond acceptors (Lipinski definition) is 8. The number of amides is 1. The van der Waals surface area contributed by atoms with Gasteiger partial charge in [-0.2, -0.15) is 0 Å². The summed E-state index contributed by atoms with van der Waals surface area (Å²) in [5.41, 5.74) is -0.820. The van der Waals surface area contributed by atoms with Crippen molar-refractivity contribution in [1.82, 2.24) is 10.3 Å². The average Bonchev–Trinajstić information content (AvgIpc) is 3.24. The van der Waals surface area contributed by atoms with E-state index in [2.05, 4.69) is 43.2 Å². The smallest absolute Gasteiger partial charge is 0.340 e. The number of oxime groups is 1. The van der Waals surface area contributed by atoms with Crippen LogP contribution in [0.5, 0.6) is 0 Å². The standard InChI is InChI=1S/C29H39N3O6/c1-15-7-8-22-27(2,3)24(32-36)21(37-26(35)16-6-5-9-30-13-16)12-29(22)28(15,4)11-18-20(33)10-17-19(23(18)38-29)14-31-25(17)34/h5-6,9,13,15,17-23,33,36H,7-8,10-12,14H2,1-4H3,(H,31,34). The summed E-state index contributed by atoms with van der Waals surface area (Å²) in [5.74, 6) is -0.513. The van der Waals surface area contributed by atoms with Crippen LogP contribution < -0.4 is 5.32 Å². The lowest BCUT2D eigenvalue weighted by Gasteiger charge is -2.70. The van der Waals surface area contributed by atoms with E-state index in [1.807, 2.05) is 0 Å². The molecule has 2 saturated heterocycles. The van der Waals surface area contributed by atoms with Gasteiger partial charge in [-0.25, -0.2) is 4.79 Å². The Morgan fingerprint density at radius 2 is 2.03 bits per heavy atom. The Labute approximate surface area is 223 Å². The van der Waals surface area contributed by atoms with E-state index in [1.165, 1.54) is 6.20 Å². The van der Waals surface area contributed by atoms with E-state index >= 15 is 0 Å². The van der Waals surface area contributed by atoms with Gasteiger partial charge in [0.05, 0.1) is 23.4 Å². The third-order valence-electron chi connectivity index (χ3n) is 11.3. The predicted molar refractivity (Wildman–Crippen MR) is 137 cm³/mol. The van der Waals surface area contributed by atoms with Crippen LogP contribution in [0.3, 0.4) is 0 Å². The van der Waals surface area contributed by atoms with Crippen molar-refractivity contribution in [2.75, 3.05) is 6.54 Å². The van der Waals surface area contributed by atoms with E-state index in [1.54, 1.807) is 18.3 Å². The van der Waals surface area contributed by atoms with E-state index in [0.29, 0.717) is 36.6 Å². The fourth-order valence-electron chi connectivity index (χ4n) is 9.12. The maximum Gasteiger partial charge on any atom is 0.340 e. The fraction of sp³-hybridized carbons (Fsp3) is 0.724. The number of aliphatic hydroxyl groups is 1. The predicted octanol–water partition coefficient (Wildman–Crippen LogP) is 3.19. The number of fused-ring (bicyclic) bond motifs is 3. The first-order chi connectivity index (χ1) is 18.0. The van der Waals surface area contributed by atoms with E-state index in [0.717, 1.165) is 19.3 Å². The zero-order valence-electron chi connectivity index (χ0n) is 22.6. The first-order valence-electron chi connectivity index (χ1n) is 14.0. The number of aliphatic hydroxyl groups excluding tert-OH is 1. The molecule has 10 atom stereocenters. The highest BCUT2D eigenvalue weighted by atomic mass is 16.6. The SMILES string of the molecule is CC1CCC2C(C)(C)C(=NO)C(OC(=O)c3cccnc3)CC23OC2C(CC13C)C(O)CC1C(=O)NCC12. The summed E-state index contributed by atoms with van der Waals surface area (Å²) >= 11 is 0. The number of nitrogens with one attached hydrogen (secondary N) is 1. The lowest BCUT2D eigenvalue weighted by molar-refractivity contribution is -0.323. The highest BCUT2D eigenvalue weighted by Gasteiger charge is 2.72. The first-order valence-corrected chi connectivity index (χ1v) is 14.0. The van der Waals surface area contributed by atoms with Gasteiger partial charge in [-0.3, -0.25) is 9.78 Å². The number of hydrogen-bond donors (Lipinski definition) is 3. The van der Waals surface area contributed by atoms with Gasteiger partial charge in [0.2, 0.25) is 5.91 Å². The summed E-state index contributed by atoms with van der Waals surface area (Å²) in [6, 6.07) is 3.34. The molecule has 3 N–H and O–H groups in total. The molecule has 38 heavy (non-hydrogen) atoms. The van der Waals surface area contributed by atoms with Gasteiger partial charge in [-0.15, -0.1) is 0 Å². The Bertz CT molecular complexity index is 1160. The number of esters is 1. The molecule has 206 valence electrons.